The van der Waals surface area contributed by atoms with Crippen LogP contribution in [-0.4, -0.2) is 34.8 Å². The van der Waals surface area contributed by atoms with E-state index in [0.29, 0.717) is 0 Å². The lowest BCUT2D eigenvalue weighted by atomic mass is 10.2. The number of aromatic nitrogens is 3. The average Bonchev–Trinajstić information content (AvgIpc) is 2.53. The third-order valence-corrected chi connectivity index (χ3v) is 3.54. The van der Waals surface area contributed by atoms with Crippen molar-refractivity contribution in [2.45, 2.75) is 25.0 Å². The molecular weight excluding hydrogens is 282 g/mol. The lowest BCUT2D eigenvalue weighted by molar-refractivity contribution is 0.851. The minimum absolute atomic E-state index is 0.785. The third-order valence-electron chi connectivity index (χ3n) is 2.99. The normalized spacial score (nSPS) is 10.4. The van der Waals surface area contributed by atoms with E-state index in [9.17, 15) is 0 Å². The molecule has 2 aromatic rings. The first-order valence-electron chi connectivity index (χ1n) is 7.00. The third kappa shape index (κ3) is 4.60. The van der Waals surface area contributed by atoms with Crippen LogP contribution in [0.2, 0.25) is 0 Å². The molecule has 0 atom stereocenters. The number of anilines is 2. The van der Waals surface area contributed by atoms with Crippen LogP contribution >= 0.6 is 11.8 Å². The zero-order valence-electron chi connectivity index (χ0n) is 12.7. The molecule has 2 heterocycles. The van der Waals surface area contributed by atoms with Gasteiger partial charge in [-0.2, -0.15) is 0 Å². The number of hydrogen-bond donors (Lipinski definition) is 1. The molecule has 6 heteroatoms. The SMILES string of the molecule is CCCNc1cc(N(C)Cc2ccncc2)nc(SC)n1. The van der Waals surface area contributed by atoms with Gasteiger partial charge in [0.25, 0.3) is 0 Å². The molecule has 0 aromatic carbocycles. The van der Waals surface area contributed by atoms with Gasteiger partial charge in [0.2, 0.25) is 0 Å². The summed E-state index contributed by atoms with van der Waals surface area (Å²) >= 11 is 1.56. The summed E-state index contributed by atoms with van der Waals surface area (Å²) < 4.78 is 0. The molecule has 5 nitrogen and oxygen atoms in total. The van der Waals surface area contributed by atoms with Crippen LogP contribution in [0, 0.1) is 0 Å². The Morgan fingerprint density at radius 3 is 2.67 bits per heavy atom. The Bertz CT molecular complexity index is 561. The van der Waals surface area contributed by atoms with E-state index in [2.05, 4.69) is 32.1 Å². The summed E-state index contributed by atoms with van der Waals surface area (Å²) in [6, 6.07) is 6.03. The van der Waals surface area contributed by atoms with Crippen LogP contribution in [0.25, 0.3) is 0 Å². The minimum Gasteiger partial charge on any atom is -0.370 e. The van der Waals surface area contributed by atoms with Gasteiger partial charge in [-0.3, -0.25) is 4.98 Å². The summed E-state index contributed by atoms with van der Waals surface area (Å²) in [5, 5.41) is 4.11. The second kappa shape index (κ2) is 7.83. The topological polar surface area (TPSA) is 53.9 Å². The first kappa shape index (κ1) is 15.6. The molecule has 0 amide bonds. The van der Waals surface area contributed by atoms with E-state index >= 15 is 0 Å². The van der Waals surface area contributed by atoms with Gasteiger partial charge in [0.1, 0.15) is 11.6 Å². The Hall–Kier alpha value is -1.82. The highest BCUT2D eigenvalue weighted by molar-refractivity contribution is 7.98. The fraction of sp³-hybridized carbons (Fsp3) is 0.400. The first-order chi connectivity index (χ1) is 10.2. The number of hydrogen-bond acceptors (Lipinski definition) is 6. The summed E-state index contributed by atoms with van der Waals surface area (Å²) in [5.41, 5.74) is 1.21. The van der Waals surface area contributed by atoms with Crippen molar-refractivity contribution in [2.75, 3.05) is 30.1 Å². The van der Waals surface area contributed by atoms with Crippen LogP contribution in [0.15, 0.2) is 35.7 Å². The second-order valence-electron chi connectivity index (χ2n) is 4.74. The van der Waals surface area contributed by atoms with Crippen molar-refractivity contribution < 1.29 is 0 Å². The number of thioether (sulfide) groups is 1. The van der Waals surface area contributed by atoms with Gasteiger partial charge >= 0.3 is 0 Å². The van der Waals surface area contributed by atoms with Crippen molar-refractivity contribution in [1.82, 2.24) is 15.0 Å². The quantitative estimate of drug-likeness (QED) is 0.627. The first-order valence-corrected chi connectivity index (χ1v) is 8.22. The molecule has 0 aliphatic carbocycles. The van der Waals surface area contributed by atoms with Gasteiger partial charge < -0.3 is 10.2 Å². The van der Waals surface area contributed by atoms with E-state index in [1.54, 1.807) is 11.8 Å². The van der Waals surface area contributed by atoms with Crippen LogP contribution in [0.4, 0.5) is 11.6 Å². The second-order valence-corrected chi connectivity index (χ2v) is 5.51. The van der Waals surface area contributed by atoms with Gasteiger partial charge in [-0.1, -0.05) is 18.7 Å². The zero-order valence-corrected chi connectivity index (χ0v) is 13.5. The molecule has 2 aromatic heterocycles. The van der Waals surface area contributed by atoms with Crippen LogP contribution in [0.5, 0.6) is 0 Å². The summed E-state index contributed by atoms with van der Waals surface area (Å²) in [7, 11) is 2.04. The Labute approximate surface area is 130 Å². The van der Waals surface area contributed by atoms with Crippen LogP contribution in [0.3, 0.4) is 0 Å². The maximum atomic E-state index is 4.58. The van der Waals surface area contributed by atoms with E-state index in [4.69, 9.17) is 0 Å². The van der Waals surface area contributed by atoms with Gasteiger partial charge in [0, 0.05) is 38.6 Å². The molecule has 0 unspecified atom stereocenters. The summed E-state index contributed by atoms with van der Waals surface area (Å²) in [6.07, 6.45) is 6.68. The van der Waals surface area contributed by atoms with E-state index in [1.165, 1.54) is 5.56 Å². The molecule has 0 saturated heterocycles. The van der Waals surface area contributed by atoms with Crippen molar-refractivity contribution in [3.63, 3.8) is 0 Å². The standard InChI is InChI=1S/C15H21N5S/c1-4-7-17-13-10-14(19-15(18-13)21-3)20(2)11-12-5-8-16-9-6-12/h5-6,8-10H,4,7,11H2,1-3H3,(H,17,18,19). The summed E-state index contributed by atoms with van der Waals surface area (Å²) in [4.78, 5) is 15.2. The fourth-order valence-corrected chi connectivity index (χ4v) is 2.26. The summed E-state index contributed by atoms with van der Waals surface area (Å²) in [5.74, 6) is 1.80. The van der Waals surface area contributed by atoms with Gasteiger partial charge in [-0.15, -0.1) is 0 Å². The van der Waals surface area contributed by atoms with Crippen molar-refractivity contribution in [3.8, 4) is 0 Å². The van der Waals surface area contributed by atoms with Gasteiger partial charge in [-0.25, -0.2) is 9.97 Å². The van der Waals surface area contributed by atoms with Gasteiger partial charge in [0.05, 0.1) is 0 Å². The van der Waals surface area contributed by atoms with E-state index < -0.39 is 0 Å². The van der Waals surface area contributed by atoms with Crippen LogP contribution in [0.1, 0.15) is 18.9 Å². The zero-order chi connectivity index (χ0) is 15.1. The molecule has 0 aliphatic rings. The smallest absolute Gasteiger partial charge is 0.191 e. The van der Waals surface area contributed by atoms with Gasteiger partial charge in [0.15, 0.2) is 5.16 Å². The Balaban J connectivity index is 2.16. The summed E-state index contributed by atoms with van der Waals surface area (Å²) in [6.45, 7) is 3.85. The number of pyridine rings is 1. The van der Waals surface area contributed by atoms with Crippen molar-refractivity contribution >= 4 is 23.4 Å². The number of rotatable bonds is 7. The molecule has 0 spiro atoms. The Morgan fingerprint density at radius 2 is 2.00 bits per heavy atom. The molecule has 1 N–H and O–H groups in total. The highest BCUT2D eigenvalue weighted by Gasteiger charge is 2.08. The van der Waals surface area contributed by atoms with Crippen LogP contribution < -0.4 is 10.2 Å². The van der Waals surface area contributed by atoms with Crippen LogP contribution in [-0.2, 0) is 6.54 Å². The van der Waals surface area contributed by atoms with Crippen molar-refractivity contribution in [1.29, 1.82) is 0 Å². The number of nitrogens with one attached hydrogen (secondary N) is 1. The Kier molecular flexibility index (Phi) is 5.80. The molecule has 0 saturated carbocycles. The molecular formula is C15H21N5S. The maximum Gasteiger partial charge on any atom is 0.191 e. The highest BCUT2D eigenvalue weighted by Crippen LogP contribution is 2.20. The predicted molar refractivity (Wildman–Crippen MR) is 88.9 cm³/mol. The largest absolute Gasteiger partial charge is 0.370 e. The molecule has 112 valence electrons. The Morgan fingerprint density at radius 1 is 1.24 bits per heavy atom. The van der Waals surface area contributed by atoms with Gasteiger partial charge in [-0.05, 0) is 30.4 Å². The lowest BCUT2D eigenvalue weighted by Gasteiger charge is -2.19. The average molecular weight is 303 g/mol. The lowest BCUT2D eigenvalue weighted by Crippen LogP contribution is -2.18. The fourth-order valence-electron chi connectivity index (χ4n) is 1.89. The van der Waals surface area contributed by atoms with E-state index in [1.807, 2.05) is 43.9 Å². The minimum atomic E-state index is 0.785. The van der Waals surface area contributed by atoms with E-state index in [-0.39, 0.29) is 0 Å². The molecule has 21 heavy (non-hydrogen) atoms. The highest BCUT2D eigenvalue weighted by atomic mass is 32.2. The molecule has 2 rings (SSSR count). The monoisotopic (exact) mass is 303 g/mol. The molecule has 0 aliphatic heterocycles. The molecule has 0 fully saturated rings. The van der Waals surface area contributed by atoms with E-state index in [0.717, 1.165) is 36.3 Å². The maximum absolute atomic E-state index is 4.58. The van der Waals surface area contributed by atoms with Crippen molar-refractivity contribution in [2.24, 2.45) is 0 Å². The number of nitrogens with zero attached hydrogens (tertiary/aromatic N) is 4. The molecule has 0 bridgehead atoms. The predicted octanol–water partition coefficient (Wildman–Crippen LogP) is 3.05. The van der Waals surface area contributed by atoms with Crippen molar-refractivity contribution in [3.05, 3.63) is 36.2 Å². The molecule has 0 radical (unpaired) electrons.